The Labute approximate surface area is 163 Å². The molecule has 3 aromatic carbocycles. The minimum atomic E-state index is -0.710. The van der Waals surface area contributed by atoms with E-state index in [1.165, 1.54) is 11.8 Å². The van der Waals surface area contributed by atoms with Crippen molar-refractivity contribution in [3.8, 4) is 18.1 Å². The van der Waals surface area contributed by atoms with E-state index in [9.17, 15) is 9.59 Å². The number of hydrogen-bond donors (Lipinski definition) is 0. The van der Waals surface area contributed by atoms with Crippen LogP contribution in [-0.2, 0) is 20.7 Å². The first kappa shape index (κ1) is 18.9. The Morgan fingerprint density at radius 2 is 1.75 bits per heavy atom. The average molecular weight is 370 g/mol. The van der Waals surface area contributed by atoms with Crippen molar-refractivity contribution < 1.29 is 19.1 Å². The molecule has 4 nitrogen and oxygen atoms in total. The van der Waals surface area contributed by atoms with E-state index in [0.717, 1.165) is 40.5 Å². The summed E-state index contributed by atoms with van der Waals surface area (Å²) in [7, 11) is 0. The summed E-state index contributed by atoms with van der Waals surface area (Å²) in [6.45, 7) is 3.34. The molecular weight excluding hydrogens is 352 g/mol. The standard InChI is InChI=1S/C24H18O4/c1-3-23(25)27-14-6-5-7-17-8-12-21-18(15-17)9-10-19-16-20(11-13-22(19)21)28-24(26)4-2/h2-3,6,8-16H,1,5,7H2/b14-6+. The monoisotopic (exact) mass is 370 g/mol. The molecule has 0 N–H and O–H groups in total. The molecule has 0 atom stereocenters. The lowest BCUT2D eigenvalue weighted by molar-refractivity contribution is -0.132. The minimum absolute atomic E-state index is 0.426. The molecule has 0 saturated carbocycles. The van der Waals surface area contributed by atoms with Crippen LogP contribution >= 0.6 is 0 Å². The van der Waals surface area contributed by atoms with Gasteiger partial charge in [-0.05, 0) is 58.2 Å². The quantitative estimate of drug-likeness (QED) is 0.120. The third-order valence-electron chi connectivity index (χ3n) is 4.25. The van der Waals surface area contributed by atoms with Gasteiger partial charge in [0.2, 0.25) is 0 Å². The largest absolute Gasteiger partial charge is 0.432 e. The van der Waals surface area contributed by atoms with Gasteiger partial charge in [-0.3, -0.25) is 0 Å². The van der Waals surface area contributed by atoms with Crippen molar-refractivity contribution in [2.24, 2.45) is 0 Å². The zero-order valence-corrected chi connectivity index (χ0v) is 15.2. The number of hydrogen-bond acceptors (Lipinski definition) is 4. The molecule has 0 unspecified atom stereocenters. The third kappa shape index (κ3) is 4.46. The highest BCUT2D eigenvalue weighted by molar-refractivity contribution is 6.08. The molecule has 3 rings (SSSR count). The molecular formula is C24H18O4. The second kappa shape index (κ2) is 8.70. The molecule has 0 aromatic heterocycles. The molecule has 0 aliphatic heterocycles. The highest BCUT2D eigenvalue weighted by Crippen LogP contribution is 2.29. The molecule has 0 aliphatic carbocycles. The molecule has 0 amide bonds. The summed E-state index contributed by atoms with van der Waals surface area (Å²) in [6, 6.07) is 15.8. The van der Waals surface area contributed by atoms with Gasteiger partial charge in [-0.25, -0.2) is 9.59 Å². The number of carbonyl (C=O) groups excluding carboxylic acids is 2. The number of allylic oxidation sites excluding steroid dienone is 1. The van der Waals surface area contributed by atoms with Crippen LogP contribution < -0.4 is 4.74 Å². The maximum Gasteiger partial charge on any atom is 0.389 e. The first-order chi connectivity index (χ1) is 13.6. The molecule has 0 saturated heterocycles. The van der Waals surface area contributed by atoms with Crippen molar-refractivity contribution >= 4 is 33.5 Å². The molecule has 0 heterocycles. The van der Waals surface area contributed by atoms with E-state index in [2.05, 4.69) is 24.8 Å². The number of terminal acetylenes is 1. The molecule has 3 aromatic rings. The summed E-state index contributed by atoms with van der Waals surface area (Å²) in [5.41, 5.74) is 1.19. The Kier molecular flexibility index (Phi) is 5.88. The molecule has 0 radical (unpaired) electrons. The van der Waals surface area contributed by atoms with Crippen LogP contribution in [0.3, 0.4) is 0 Å². The third-order valence-corrected chi connectivity index (χ3v) is 4.25. The van der Waals surface area contributed by atoms with Crippen LogP contribution in [0.5, 0.6) is 5.75 Å². The molecule has 0 spiro atoms. The van der Waals surface area contributed by atoms with Gasteiger partial charge in [0.1, 0.15) is 5.75 Å². The maximum atomic E-state index is 11.3. The van der Waals surface area contributed by atoms with Gasteiger partial charge < -0.3 is 9.47 Å². The zero-order chi connectivity index (χ0) is 19.9. The summed E-state index contributed by atoms with van der Waals surface area (Å²) in [6.07, 6.45) is 11.0. The Morgan fingerprint density at radius 3 is 2.46 bits per heavy atom. The maximum absolute atomic E-state index is 11.3. The highest BCUT2D eigenvalue weighted by atomic mass is 16.5. The van der Waals surface area contributed by atoms with Gasteiger partial charge in [-0.1, -0.05) is 43.0 Å². The Hall–Kier alpha value is -3.84. The fourth-order valence-corrected chi connectivity index (χ4v) is 2.94. The summed E-state index contributed by atoms with van der Waals surface area (Å²) >= 11 is 0. The summed E-state index contributed by atoms with van der Waals surface area (Å²) in [5.74, 6) is 1.19. The lowest BCUT2D eigenvalue weighted by atomic mass is 9.98. The van der Waals surface area contributed by atoms with E-state index in [1.807, 2.05) is 30.2 Å². The van der Waals surface area contributed by atoms with Gasteiger partial charge >= 0.3 is 11.9 Å². The number of rotatable bonds is 6. The van der Waals surface area contributed by atoms with Crippen LogP contribution in [0.2, 0.25) is 0 Å². The summed E-state index contributed by atoms with van der Waals surface area (Å²) in [5, 5.41) is 4.28. The average Bonchev–Trinajstić information content (AvgIpc) is 2.72. The summed E-state index contributed by atoms with van der Waals surface area (Å²) in [4.78, 5) is 22.2. The topological polar surface area (TPSA) is 52.6 Å². The number of carbonyl (C=O) groups is 2. The van der Waals surface area contributed by atoms with E-state index >= 15 is 0 Å². The Morgan fingerprint density at radius 1 is 1.04 bits per heavy atom. The van der Waals surface area contributed by atoms with Crippen LogP contribution in [0.4, 0.5) is 0 Å². The molecule has 0 aliphatic rings. The Bertz CT molecular complexity index is 1130. The van der Waals surface area contributed by atoms with Crippen LogP contribution in [0, 0.1) is 12.3 Å². The molecule has 0 fully saturated rings. The van der Waals surface area contributed by atoms with Gasteiger partial charge in [0, 0.05) is 12.0 Å². The van der Waals surface area contributed by atoms with Gasteiger partial charge in [-0.15, -0.1) is 6.42 Å². The number of fused-ring (bicyclic) bond motifs is 3. The molecule has 138 valence electrons. The smallest absolute Gasteiger partial charge is 0.389 e. The van der Waals surface area contributed by atoms with Crippen molar-refractivity contribution in [2.45, 2.75) is 12.8 Å². The van der Waals surface area contributed by atoms with Gasteiger partial charge in [0.25, 0.3) is 0 Å². The Balaban J connectivity index is 1.77. The van der Waals surface area contributed by atoms with Crippen molar-refractivity contribution in [1.29, 1.82) is 0 Å². The number of ether oxygens (including phenoxy) is 2. The van der Waals surface area contributed by atoms with E-state index in [-0.39, 0.29) is 0 Å². The van der Waals surface area contributed by atoms with Crippen LogP contribution in [-0.4, -0.2) is 11.9 Å². The van der Waals surface area contributed by atoms with E-state index < -0.39 is 11.9 Å². The van der Waals surface area contributed by atoms with Crippen molar-refractivity contribution in [1.82, 2.24) is 0 Å². The van der Waals surface area contributed by atoms with Crippen LogP contribution in [0.15, 0.2) is 73.5 Å². The van der Waals surface area contributed by atoms with Crippen molar-refractivity contribution in [2.75, 3.05) is 0 Å². The van der Waals surface area contributed by atoms with E-state index in [1.54, 1.807) is 12.1 Å². The van der Waals surface area contributed by atoms with Gasteiger partial charge in [0.15, 0.2) is 0 Å². The lowest BCUT2D eigenvalue weighted by Crippen LogP contribution is -2.03. The van der Waals surface area contributed by atoms with Crippen LogP contribution in [0.25, 0.3) is 21.5 Å². The highest BCUT2D eigenvalue weighted by Gasteiger charge is 2.05. The number of aryl methyl sites for hydroxylation is 1. The van der Waals surface area contributed by atoms with Gasteiger partial charge in [-0.2, -0.15) is 0 Å². The molecule has 4 heteroatoms. The van der Waals surface area contributed by atoms with Gasteiger partial charge in [0.05, 0.1) is 6.26 Å². The number of esters is 2. The molecule has 28 heavy (non-hydrogen) atoms. The summed E-state index contributed by atoms with van der Waals surface area (Å²) < 4.78 is 9.88. The van der Waals surface area contributed by atoms with Crippen molar-refractivity contribution in [3.05, 3.63) is 79.1 Å². The minimum Gasteiger partial charge on any atom is -0.432 e. The van der Waals surface area contributed by atoms with E-state index in [0.29, 0.717) is 5.75 Å². The van der Waals surface area contributed by atoms with E-state index in [4.69, 9.17) is 15.9 Å². The fraction of sp³-hybridized carbons (Fsp3) is 0.0833. The second-order valence-corrected chi connectivity index (χ2v) is 6.09. The predicted molar refractivity (Wildman–Crippen MR) is 110 cm³/mol. The van der Waals surface area contributed by atoms with Crippen molar-refractivity contribution in [3.63, 3.8) is 0 Å². The first-order valence-electron chi connectivity index (χ1n) is 8.72. The second-order valence-electron chi connectivity index (χ2n) is 6.09. The molecule has 0 bridgehead atoms. The fourth-order valence-electron chi connectivity index (χ4n) is 2.94. The number of benzene rings is 3. The van der Waals surface area contributed by atoms with Crippen LogP contribution in [0.1, 0.15) is 12.0 Å². The SMILES string of the molecule is C#CC(=O)Oc1ccc2c(ccc3cc(CC/C=C/OC(=O)C=C)ccc32)c1. The predicted octanol–water partition coefficient (Wildman–Crippen LogP) is 4.71. The first-order valence-corrected chi connectivity index (χ1v) is 8.72. The lowest BCUT2D eigenvalue weighted by Gasteiger charge is -2.08. The zero-order valence-electron chi connectivity index (χ0n) is 15.2. The normalized spacial score (nSPS) is 10.7.